The molecule has 0 atom stereocenters. The fraction of sp³-hybridized carbons (Fsp3) is 0.500. The van der Waals surface area contributed by atoms with E-state index in [1.165, 1.54) is 0 Å². The lowest BCUT2D eigenvalue weighted by molar-refractivity contribution is -0.174. The van der Waals surface area contributed by atoms with Crippen molar-refractivity contribution in [3.8, 4) is 0 Å². The number of nitrogens with zero attached hydrogens (tertiary/aromatic N) is 2. The highest BCUT2D eigenvalue weighted by Crippen LogP contribution is 2.19. The second kappa shape index (κ2) is 5.46. The van der Waals surface area contributed by atoms with Crippen LogP contribution >= 0.6 is 0 Å². The molecule has 19 heavy (non-hydrogen) atoms. The molecular weight excluding hydrogens is 259 g/mol. The molecule has 2 heterocycles. The van der Waals surface area contributed by atoms with E-state index in [4.69, 9.17) is 0 Å². The maximum Gasteiger partial charge on any atom is 0.471 e. The second-order valence-electron chi connectivity index (χ2n) is 4.42. The number of piperidine rings is 1. The first kappa shape index (κ1) is 13.6. The lowest BCUT2D eigenvalue weighted by Gasteiger charge is -2.33. The van der Waals surface area contributed by atoms with Gasteiger partial charge in [0.2, 0.25) is 0 Å². The fourth-order valence-electron chi connectivity index (χ4n) is 2.06. The Balaban J connectivity index is 1.85. The molecule has 1 aliphatic rings. The average Bonchev–Trinajstić information content (AvgIpc) is 2.39. The Labute approximate surface area is 108 Å². The topological polar surface area (TPSA) is 45.2 Å². The standard InChI is InChI=1S/C12H14F3N3O/c13-12(14,15)11(19)17-9-4-7-18(8-5-9)10-3-1-2-6-16-10/h1-3,6,9H,4-5,7-8H2,(H,17,19). The molecule has 0 spiro atoms. The van der Waals surface area contributed by atoms with Gasteiger partial charge >= 0.3 is 12.1 Å². The smallest absolute Gasteiger partial charge is 0.356 e. The van der Waals surface area contributed by atoms with E-state index in [-0.39, 0.29) is 0 Å². The van der Waals surface area contributed by atoms with Crippen molar-refractivity contribution in [2.24, 2.45) is 0 Å². The fourth-order valence-corrected chi connectivity index (χ4v) is 2.06. The van der Waals surface area contributed by atoms with Crippen LogP contribution in [0.4, 0.5) is 19.0 Å². The van der Waals surface area contributed by atoms with E-state index < -0.39 is 18.1 Å². The monoisotopic (exact) mass is 273 g/mol. The predicted octanol–water partition coefficient (Wildman–Crippen LogP) is 1.73. The van der Waals surface area contributed by atoms with Crippen LogP contribution in [-0.2, 0) is 4.79 Å². The molecule has 0 radical (unpaired) electrons. The van der Waals surface area contributed by atoms with E-state index in [9.17, 15) is 18.0 Å². The van der Waals surface area contributed by atoms with Gasteiger partial charge in [0, 0.05) is 25.3 Å². The van der Waals surface area contributed by atoms with Gasteiger partial charge in [0.25, 0.3) is 0 Å². The summed E-state index contributed by atoms with van der Waals surface area (Å²) in [5, 5.41) is 2.02. The van der Waals surface area contributed by atoms with E-state index in [0.29, 0.717) is 25.9 Å². The summed E-state index contributed by atoms with van der Waals surface area (Å²) < 4.78 is 36.3. The molecule has 7 heteroatoms. The number of carbonyl (C=O) groups is 1. The summed E-state index contributed by atoms with van der Waals surface area (Å²) >= 11 is 0. The summed E-state index contributed by atoms with van der Waals surface area (Å²) in [4.78, 5) is 17.0. The maximum absolute atomic E-state index is 12.1. The van der Waals surface area contributed by atoms with Gasteiger partial charge in [0.1, 0.15) is 5.82 Å². The molecule has 1 aromatic heterocycles. The average molecular weight is 273 g/mol. The number of hydrogen-bond donors (Lipinski definition) is 1. The molecule has 1 saturated heterocycles. The minimum absolute atomic E-state index is 0.422. The lowest BCUT2D eigenvalue weighted by Crippen LogP contribution is -2.48. The van der Waals surface area contributed by atoms with Crippen LogP contribution in [0, 0.1) is 0 Å². The Morgan fingerprint density at radius 1 is 1.32 bits per heavy atom. The number of alkyl halides is 3. The van der Waals surface area contributed by atoms with E-state index >= 15 is 0 Å². The lowest BCUT2D eigenvalue weighted by atomic mass is 10.0. The van der Waals surface area contributed by atoms with Crippen LogP contribution in [-0.4, -0.2) is 36.2 Å². The Bertz CT molecular complexity index is 428. The molecule has 1 fully saturated rings. The third-order valence-electron chi connectivity index (χ3n) is 3.06. The third kappa shape index (κ3) is 3.59. The van der Waals surface area contributed by atoms with Gasteiger partial charge in [-0.25, -0.2) is 4.98 Å². The highest BCUT2D eigenvalue weighted by atomic mass is 19.4. The number of halogens is 3. The molecule has 1 aromatic rings. The molecule has 1 N–H and O–H groups in total. The number of anilines is 1. The molecule has 2 rings (SSSR count). The Kier molecular flexibility index (Phi) is 3.92. The van der Waals surface area contributed by atoms with Crippen LogP contribution in [0.25, 0.3) is 0 Å². The van der Waals surface area contributed by atoms with Crippen LogP contribution in [0.3, 0.4) is 0 Å². The van der Waals surface area contributed by atoms with Gasteiger partial charge in [-0.3, -0.25) is 4.79 Å². The molecule has 1 aliphatic heterocycles. The first-order chi connectivity index (χ1) is 8.97. The highest BCUT2D eigenvalue weighted by Gasteiger charge is 2.40. The first-order valence-electron chi connectivity index (χ1n) is 6.00. The molecule has 0 saturated carbocycles. The second-order valence-corrected chi connectivity index (χ2v) is 4.42. The normalized spacial score (nSPS) is 17.3. The number of carbonyl (C=O) groups excluding carboxylic acids is 1. The summed E-state index contributed by atoms with van der Waals surface area (Å²) in [6.45, 7) is 1.17. The summed E-state index contributed by atoms with van der Waals surface area (Å²) in [6.07, 6.45) is -2.16. The van der Waals surface area contributed by atoms with Gasteiger partial charge in [-0.2, -0.15) is 13.2 Å². The van der Waals surface area contributed by atoms with Crippen molar-refractivity contribution in [2.75, 3.05) is 18.0 Å². The van der Waals surface area contributed by atoms with Crippen molar-refractivity contribution in [2.45, 2.75) is 25.1 Å². The van der Waals surface area contributed by atoms with Crippen molar-refractivity contribution in [3.63, 3.8) is 0 Å². The minimum Gasteiger partial charge on any atom is -0.356 e. The predicted molar refractivity (Wildman–Crippen MR) is 63.7 cm³/mol. The zero-order valence-electron chi connectivity index (χ0n) is 10.2. The highest BCUT2D eigenvalue weighted by molar-refractivity contribution is 5.81. The summed E-state index contributed by atoms with van der Waals surface area (Å²) in [6, 6.07) is 5.10. The molecule has 104 valence electrons. The zero-order chi connectivity index (χ0) is 13.9. The number of hydrogen-bond acceptors (Lipinski definition) is 3. The van der Waals surface area contributed by atoms with Crippen molar-refractivity contribution >= 4 is 11.7 Å². The van der Waals surface area contributed by atoms with Crippen LogP contribution in [0.2, 0.25) is 0 Å². The minimum atomic E-state index is -4.81. The molecule has 4 nitrogen and oxygen atoms in total. The molecule has 0 bridgehead atoms. The first-order valence-corrected chi connectivity index (χ1v) is 6.00. The van der Waals surface area contributed by atoms with E-state index in [1.54, 1.807) is 12.3 Å². The van der Waals surface area contributed by atoms with Gasteiger partial charge in [-0.1, -0.05) is 6.07 Å². The Morgan fingerprint density at radius 2 is 2.00 bits per heavy atom. The number of pyridine rings is 1. The third-order valence-corrected chi connectivity index (χ3v) is 3.06. The van der Waals surface area contributed by atoms with Gasteiger partial charge < -0.3 is 10.2 Å². The van der Waals surface area contributed by atoms with E-state index in [0.717, 1.165) is 5.82 Å². The van der Waals surface area contributed by atoms with Crippen LogP contribution in [0.1, 0.15) is 12.8 Å². The van der Waals surface area contributed by atoms with Gasteiger partial charge in [0.05, 0.1) is 0 Å². The number of nitrogens with one attached hydrogen (secondary N) is 1. The maximum atomic E-state index is 12.1. The van der Waals surface area contributed by atoms with Crippen molar-refractivity contribution < 1.29 is 18.0 Å². The van der Waals surface area contributed by atoms with Crippen LogP contribution in [0.5, 0.6) is 0 Å². The quantitative estimate of drug-likeness (QED) is 0.892. The Morgan fingerprint density at radius 3 is 2.53 bits per heavy atom. The SMILES string of the molecule is O=C(NC1CCN(c2ccccn2)CC1)C(F)(F)F. The summed E-state index contributed by atoms with van der Waals surface area (Å²) in [5.41, 5.74) is 0. The molecular formula is C12H14F3N3O. The van der Waals surface area contributed by atoms with Crippen LogP contribution < -0.4 is 10.2 Å². The van der Waals surface area contributed by atoms with Crippen molar-refractivity contribution in [3.05, 3.63) is 24.4 Å². The Hall–Kier alpha value is -1.79. The van der Waals surface area contributed by atoms with Gasteiger partial charge in [0.15, 0.2) is 0 Å². The van der Waals surface area contributed by atoms with Crippen molar-refractivity contribution in [1.82, 2.24) is 10.3 Å². The van der Waals surface area contributed by atoms with E-state index in [1.807, 2.05) is 22.3 Å². The zero-order valence-corrected chi connectivity index (χ0v) is 10.2. The summed E-state index contributed by atoms with van der Waals surface area (Å²) in [7, 11) is 0. The van der Waals surface area contributed by atoms with Gasteiger partial charge in [-0.05, 0) is 25.0 Å². The molecule has 1 amide bonds. The van der Waals surface area contributed by atoms with E-state index in [2.05, 4.69) is 4.98 Å². The number of aromatic nitrogens is 1. The summed E-state index contributed by atoms with van der Waals surface area (Å²) in [5.74, 6) is -1.05. The molecule has 0 aliphatic carbocycles. The van der Waals surface area contributed by atoms with Crippen LogP contribution in [0.15, 0.2) is 24.4 Å². The number of rotatable bonds is 2. The molecule has 0 unspecified atom stereocenters. The largest absolute Gasteiger partial charge is 0.471 e. The van der Waals surface area contributed by atoms with Gasteiger partial charge in [-0.15, -0.1) is 0 Å². The number of amides is 1. The van der Waals surface area contributed by atoms with Crippen molar-refractivity contribution in [1.29, 1.82) is 0 Å². The molecule has 0 aromatic carbocycles.